The predicted molar refractivity (Wildman–Crippen MR) is 67.9 cm³/mol. The van der Waals surface area contributed by atoms with Crippen LogP contribution in [0, 0.1) is 10.1 Å². The lowest BCUT2D eigenvalue weighted by Gasteiger charge is -2.04. The van der Waals surface area contributed by atoms with E-state index in [0.717, 1.165) is 0 Å². The first kappa shape index (κ1) is 12.3. The first-order chi connectivity index (χ1) is 8.61. The maximum Gasteiger partial charge on any atom is 0.295 e. The molecule has 1 heterocycles. The molecule has 0 aliphatic heterocycles. The molecule has 0 unspecified atom stereocenters. The second-order valence-corrected chi connectivity index (χ2v) is 3.87. The van der Waals surface area contributed by atoms with Crippen molar-refractivity contribution in [2.75, 3.05) is 7.11 Å². The summed E-state index contributed by atoms with van der Waals surface area (Å²) >= 11 is 5.77. The van der Waals surface area contributed by atoms with Crippen molar-refractivity contribution in [2.24, 2.45) is 0 Å². The molecule has 2 aromatic rings. The lowest BCUT2D eigenvalue weighted by molar-refractivity contribution is -0.384. The Labute approximate surface area is 108 Å². The molecule has 0 bridgehead atoms. The van der Waals surface area contributed by atoms with Gasteiger partial charge < -0.3 is 4.74 Å². The smallest absolute Gasteiger partial charge is 0.295 e. The van der Waals surface area contributed by atoms with Crippen LogP contribution in [0.2, 0.25) is 5.15 Å². The third-order valence-corrected chi connectivity index (χ3v) is 2.61. The Kier molecular flexibility index (Phi) is 3.43. The number of ether oxygens (including phenoxy) is 1. The zero-order valence-electron chi connectivity index (χ0n) is 9.46. The summed E-state index contributed by atoms with van der Waals surface area (Å²) in [6.45, 7) is 0. The fraction of sp³-hybridized carbons (Fsp3) is 0.0833. The van der Waals surface area contributed by atoms with Gasteiger partial charge in [0.2, 0.25) is 0 Å². The topological polar surface area (TPSA) is 65.3 Å². The fourth-order valence-electron chi connectivity index (χ4n) is 1.54. The van der Waals surface area contributed by atoms with E-state index < -0.39 is 4.92 Å². The van der Waals surface area contributed by atoms with Gasteiger partial charge in [-0.2, -0.15) is 0 Å². The summed E-state index contributed by atoms with van der Waals surface area (Å²) in [5, 5.41) is 11.1. The number of nitro groups is 1. The van der Waals surface area contributed by atoms with Crippen LogP contribution in [0.15, 0.2) is 36.4 Å². The first-order valence-corrected chi connectivity index (χ1v) is 5.45. The average molecular weight is 265 g/mol. The van der Waals surface area contributed by atoms with Crippen LogP contribution in [0.25, 0.3) is 11.3 Å². The van der Waals surface area contributed by atoms with Gasteiger partial charge in [-0.3, -0.25) is 10.1 Å². The van der Waals surface area contributed by atoms with E-state index in [1.165, 1.54) is 12.1 Å². The van der Waals surface area contributed by atoms with Crippen molar-refractivity contribution >= 4 is 17.3 Å². The Balaban J connectivity index is 2.54. The lowest BCUT2D eigenvalue weighted by atomic mass is 10.1. The molecule has 1 aromatic heterocycles. The summed E-state index contributed by atoms with van der Waals surface area (Å²) in [4.78, 5) is 14.4. The molecule has 0 atom stereocenters. The summed E-state index contributed by atoms with van der Waals surface area (Å²) in [6.07, 6.45) is 0. The van der Waals surface area contributed by atoms with E-state index >= 15 is 0 Å². The average Bonchev–Trinajstić information content (AvgIpc) is 2.38. The first-order valence-electron chi connectivity index (χ1n) is 5.07. The molecule has 0 saturated carbocycles. The van der Waals surface area contributed by atoms with Gasteiger partial charge in [-0.1, -0.05) is 11.6 Å². The molecular weight excluding hydrogens is 256 g/mol. The van der Waals surface area contributed by atoms with Gasteiger partial charge in [-0.15, -0.1) is 0 Å². The molecular formula is C12H9ClN2O3. The molecule has 0 N–H and O–H groups in total. The zero-order chi connectivity index (χ0) is 13.1. The van der Waals surface area contributed by atoms with E-state index in [1.807, 2.05) is 0 Å². The minimum absolute atomic E-state index is 0.0791. The third kappa shape index (κ3) is 2.41. The van der Waals surface area contributed by atoms with Gasteiger partial charge in [0.05, 0.1) is 12.0 Å². The predicted octanol–water partition coefficient (Wildman–Crippen LogP) is 3.32. The molecule has 0 aliphatic carbocycles. The van der Waals surface area contributed by atoms with E-state index in [-0.39, 0.29) is 16.5 Å². The van der Waals surface area contributed by atoms with Crippen LogP contribution in [-0.2, 0) is 0 Å². The van der Waals surface area contributed by atoms with Gasteiger partial charge in [0.1, 0.15) is 16.6 Å². The van der Waals surface area contributed by atoms with Crippen molar-refractivity contribution in [3.8, 4) is 17.0 Å². The van der Waals surface area contributed by atoms with Gasteiger partial charge in [0.15, 0.2) is 0 Å². The Bertz CT molecular complexity index is 584. The largest absolute Gasteiger partial charge is 0.497 e. The third-order valence-electron chi connectivity index (χ3n) is 2.40. The molecule has 92 valence electrons. The van der Waals surface area contributed by atoms with Crippen LogP contribution in [0.5, 0.6) is 5.75 Å². The van der Waals surface area contributed by atoms with E-state index in [1.54, 1.807) is 31.4 Å². The van der Waals surface area contributed by atoms with E-state index in [0.29, 0.717) is 11.3 Å². The van der Waals surface area contributed by atoms with Crippen LogP contribution < -0.4 is 4.74 Å². The Morgan fingerprint density at radius 1 is 1.22 bits per heavy atom. The number of rotatable bonds is 3. The molecule has 6 heteroatoms. The molecule has 0 spiro atoms. The van der Waals surface area contributed by atoms with Gasteiger partial charge in [-0.05, 0) is 30.3 Å². The van der Waals surface area contributed by atoms with Crippen molar-refractivity contribution in [1.82, 2.24) is 4.98 Å². The number of halogens is 1. The van der Waals surface area contributed by atoms with Gasteiger partial charge >= 0.3 is 0 Å². The standard InChI is InChI=1S/C12H9ClN2O3/c1-18-9-4-2-8(3-5-9)12-10(15(16)17)6-7-11(13)14-12/h2-7H,1H3. The maximum absolute atomic E-state index is 10.9. The normalized spacial score (nSPS) is 10.1. The number of aromatic nitrogens is 1. The molecule has 18 heavy (non-hydrogen) atoms. The summed E-state index contributed by atoms with van der Waals surface area (Å²) in [5.41, 5.74) is 0.782. The quantitative estimate of drug-likeness (QED) is 0.485. The van der Waals surface area contributed by atoms with E-state index in [9.17, 15) is 10.1 Å². The van der Waals surface area contributed by atoms with Gasteiger partial charge in [0.25, 0.3) is 5.69 Å². The van der Waals surface area contributed by atoms with Gasteiger partial charge in [0, 0.05) is 11.6 Å². The number of pyridine rings is 1. The second-order valence-electron chi connectivity index (χ2n) is 3.49. The van der Waals surface area contributed by atoms with Crippen molar-refractivity contribution < 1.29 is 9.66 Å². The van der Waals surface area contributed by atoms with Crippen LogP contribution in [0.1, 0.15) is 0 Å². The molecule has 0 saturated heterocycles. The van der Waals surface area contributed by atoms with Crippen molar-refractivity contribution in [3.63, 3.8) is 0 Å². The molecule has 5 nitrogen and oxygen atoms in total. The van der Waals surface area contributed by atoms with E-state index in [4.69, 9.17) is 16.3 Å². The minimum Gasteiger partial charge on any atom is -0.497 e. The number of methoxy groups -OCH3 is 1. The maximum atomic E-state index is 10.9. The molecule has 1 aromatic carbocycles. The Morgan fingerprint density at radius 3 is 2.44 bits per heavy atom. The number of hydrogen-bond acceptors (Lipinski definition) is 4. The van der Waals surface area contributed by atoms with Crippen LogP contribution in [0.4, 0.5) is 5.69 Å². The number of benzene rings is 1. The summed E-state index contributed by atoms with van der Waals surface area (Å²) in [6, 6.07) is 9.56. The molecule has 2 rings (SSSR count). The highest BCUT2D eigenvalue weighted by Crippen LogP contribution is 2.30. The van der Waals surface area contributed by atoms with Crippen molar-refractivity contribution in [2.45, 2.75) is 0 Å². The second kappa shape index (κ2) is 5.01. The highest BCUT2D eigenvalue weighted by Gasteiger charge is 2.17. The monoisotopic (exact) mass is 264 g/mol. The number of hydrogen-bond donors (Lipinski definition) is 0. The van der Waals surface area contributed by atoms with Crippen LogP contribution >= 0.6 is 11.6 Å². The highest BCUT2D eigenvalue weighted by atomic mass is 35.5. The molecule has 0 fully saturated rings. The van der Waals surface area contributed by atoms with Gasteiger partial charge in [-0.25, -0.2) is 4.98 Å². The SMILES string of the molecule is COc1ccc(-c2nc(Cl)ccc2[N+](=O)[O-])cc1. The highest BCUT2D eigenvalue weighted by molar-refractivity contribution is 6.29. The Hall–Kier alpha value is -2.14. The molecule has 0 aliphatic rings. The fourth-order valence-corrected chi connectivity index (χ4v) is 1.68. The van der Waals surface area contributed by atoms with Crippen LogP contribution in [-0.4, -0.2) is 17.0 Å². The summed E-state index contributed by atoms with van der Waals surface area (Å²) in [7, 11) is 1.55. The summed E-state index contributed by atoms with van der Waals surface area (Å²) < 4.78 is 5.03. The van der Waals surface area contributed by atoms with E-state index in [2.05, 4.69) is 4.98 Å². The Morgan fingerprint density at radius 2 is 1.89 bits per heavy atom. The minimum atomic E-state index is -0.483. The van der Waals surface area contributed by atoms with Crippen molar-refractivity contribution in [3.05, 3.63) is 51.7 Å². The molecule has 0 amide bonds. The zero-order valence-corrected chi connectivity index (χ0v) is 10.2. The van der Waals surface area contributed by atoms with Crippen LogP contribution in [0.3, 0.4) is 0 Å². The summed E-state index contributed by atoms with van der Waals surface area (Å²) in [5.74, 6) is 0.670. The molecule has 0 radical (unpaired) electrons. The van der Waals surface area contributed by atoms with Crippen molar-refractivity contribution in [1.29, 1.82) is 0 Å². The lowest BCUT2D eigenvalue weighted by Crippen LogP contribution is -1.95. The number of nitrogens with zero attached hydrogens (tertiary/aromatic N) is 2.